The van der Waals surface area contributed by atoms with Crippen LogP contribution in [-0.4, -0.2) is 71.3 Å². The van der Waals surface area contributed by atoms with E-state index in [-0.39, 0.29) is 11.4 Å². The van der Waals surface area contributed by atoms with Crippen molar-refractivity contribution < 1.29 is 13.5 Å². The van der Waals surface area contributed by atoms with Crippen LogP contribution in [0.4, 0.5) is 0 Å². The molecule has 0 spiro atoms. The molecular weight excluding hydrogens is 280 g/mol. The first-order valence-corrected chi connectivity index (χ1v) is 8.37. The van der Waals surface area contributed by atoms with Gasteiger partial charge in [-0.2, -0.15) is 9.40 Å². The van der Waals surface area contributed by atoms with Gasteiger partial charge in [0.2, 0.25) is 10.0 Å². The molecule has 2 aliphatic heterocycles. The minimum absolute atomic E-state index is 0.155. The molecule has 0 bridgehead atoms. The SMILES string of the molecule is O=S(=O)(c1cn[nH]c1)N1CCC(O)(CN2CCCC2)C1. The maximum absolute atomic E-state index is 12.4. The molecule has 7 nitrogen and oxygen atoms in total. The van der Waals surface area contributed by atoms with Gasteiger partial charge >= 0.3 is 0 Å². The molecule has 0 amide bonds. The minimum Gasteiger partial charge on any atom is -0.387 e. The molecule has 0 radical (unpaired) electrons. The van der Waals surface area contributed by atoms with Crippen molar-refractivity contribution in [3.8, 4) is 0 Å². The topological polar surface area (TPSA) is 89.5 Å². The normalized spacial score (nSPS) is 29.2. The maximum atomic E-state index is 12.4. The fourth-order valence-electron chi connectivity index (χ4n) is 3.04. The van der Waals surface area contributed by atoms with Crippen molar-refractivity contribution in [1.82, 2.24) is 19.4 Å². The zero-order valence-electron chi connectivity index (χ0n) is 11.3. The summed E-state index contributed by atoms with van der Waals surface area (Å²) in [5, 5.41) is 16.8. The smallest absolute Gasteiger partial charge is 0.246 e. The van der Waals surface area contributed by atoms with E-state index >= 15 is 0 Å². The van der Waals surface area contributed by atoms with Crippen molar-refractivity contribution in [3.05, 3.63) is 12.4 Å². The highest BCUT2D eigenvalue weighted by Gasteiger charge is 2.43. The van der Waals surface area contributed by atoms with E-state index in [2.05, 4.69) is 15.1 Å². The van der Waals surface area contributed by atoms with E-state index in [0.29, 0.717) is 19.5 Å². The predicted octanol–water partition coefficient (Wildman–Crippen LogP) is -0.369. The average molecular weight is 300 g/mol. The molecule has 2 saturated heterocycles. The molecule has 2 fully saturated rings. The number of rotatable bonds is 4. The highest BCUT2D eigenvalue weighted by atomic mass is 32.2. The van der Waals surface area contributed by atoms with E-state index < -0.39 is 15.6 Å². The highest BCUT2D eigenvalue weighted by Crippen LogP contribution is 2.28. The molecule has 1 unspecified atom stereocenters. The van der Waals surface area contributed by atoms with Crippen LogP contribution >= 0.6 is 0 Å². The van der Waals surface area contributed by atoms with Gasteiger partial charge in [-0.15, -0.1) is 0 Å². The second kappa shape index (κ2) is 5.10. The number of nitrogens with zero attached hydrogens (tertiary/aromatic N) is 3. The quantitative estimate of drug-likeness (QED) is 0.792. The molecule has 0 aromatic carbocycles. The minimum atomic E-state index is -3.54. The number of sulfonamides is 1. The summed E-state index contributed by atoms with van der Waals surface area (Å²) in [6.07, 6.45) is 5.47. The molecule has 2 N–H and O–H groups in total. The van der Waals surface area contributed by atoms with E-state index in [0.717, 1.165) is 25.9 Å². The van der Waals surface area contributed by atoms with E-state index in [1.54, 1.807) is 0 Å². The first-order valence-electron chi connectivity index (χ1n) is 6.93. The molecule has 20 heavy (non-hydrogen) atoms. The molecule has 0 saturated carbocycles. The molecule has 1 atom stereocenters. The number of hydrogen-bond acceptors (Lipinski definition) is 5. The number of β-amino-alcohol motifs (C(OH)–C–C–N with tert-alkyl or cyclic N) is 1. The summed E-state index contributed by atoms with van der Waals surface area (Å²) < 4.78 is 26.1. The molecular formula is C12H20N4O3S. The van der Waals surface area contributed by atoms with Crippen LogP contribution in [0.3, 0.4) is 0 Å². The van der Waals surface area contributed by atoms with Crippen molar-refractivity contribution in [2.45, 2.75) is 29.8 Å². The number of hydrogen-bond donors (Lipinski definition) is 2. The van der Waals surface area contributed by atoms with E-state index in [1.807, 2.05) is 0 Å². The van der Waals surface area contributed by atoms with E-state index in [9.17, 15) is 13.5 Å². The maximum Gasteiger partial charge on any atom is 0.246 e. The predicted molar refractivity (Wildman–Crippen MR) is 72.6 cm³/mol. The van der Waals surface area contributed by atoms with Gasteiger partial charge in [0, 0.05) is 25.8 Å². The Labute approximate surface area is 118 Å². The number of aromatic amines is 1. The lowest BCUT2D eigenvalue weighted by molar-refractivity contribution is 0.0232. The Balaban J connectivity index is 1.69. The van der Waals surface area contributed by atoms with Crippen LogP contribution < -0.4 is 0 Å². The molecule has 1 aromatic rings. The fraction of sp³-hybridized carbons (Fsp3) is 0.750. The van der Waals surface area contributed by atoms with Gasteiger partial charge in [-0.25, -0.2) is 8.42 Å². The van der Waals surface area contributed by atoms with Crippen molar-refractivity contribution in [2.24, 2.45) is 0 Å². The number of likely N-dealkylation sites (tertiary alicyclic amines) is 1. The van der Waals surface area contributed by atoms with Crippen molar-refractivity contribution in [3.63, 3.8) is 0 Å². The second-order valence-corrected chi connectivity index (χ2v) is 7.67. The monoisotopic (exact) mass is 300 g/mol. The summed E-state index contributed by atoms with van der Waals surface area (Å²) in [4.78, 5) is 2.37. The van der Waals surface area contributed by atoms with Crippen LogP contribution in [0, 0.1) is 0 Å². The third-order valence-electron chi connectivity index (χ3n) is 4.12. The average Bonchev–Trinajstić information content (AvgIpc) is 3.09. The van der Waals surface area contributed by atoms with Crippen LogP contribution in [0.15, 0.2) is 17.3 Å². The highest BCUT2D eigenvalue weighted by molar-refractivity contribution is 7.89. The van der Waals surface area contributed by atoms with Gasteiger partial charge < -0.3 is 10.0 Å². The zero-order chi connectivity index (χ0) is 14.2. The van der Waals surface area contributed by atoms with Gasteiger partial charge in [0.05, 0.1) is 11.8 Å². The van der Waals surface area contributed by atoms with Crippen molar-refractivity contribution >= 4 is 10.0 Å². The van der Waals surface area contributed by atoms with Gasteiger partial charge in [0.25, 0.3) is 0 Å². The molecule has 2 aliphatic rings. The Hall–Kier alpha value is -0.960. The first-order chi connectivity index (χ1) is 9.50. The standard InChI is InChI=1S/C12H20N4O3S/c17-12(9-15-4-1-2-5-15)3-6-16(10-12)20(18,19)11-7-13-14-8-11/h7-8,17H,1-6,9-10H2,(H,13,14). The van der Waals surface area contributed by atoms with Gasteiger partial charge in [0.1, 0.15) is 4.90 Å². The Morgan fingerprint density at radius 3 is 2.75 bits per heavy atom. The van der Waals surface area contributed by atoms with E-state index in [4.69, 9.17) is 0 Å². The Morgan fingerprint density at radius 1 is 1.35 bits per heavy atom. The summed E-state index contributed by atoms with van der Waals surface area (Å²) in [5.74, 6) is 0. The Morgan fingerprint density at radius 2 is 2.10 bits per heavy atom. The lowest BCUT2D eigenvalue weighted by Gasteiger charge is -2.28. The molecule has 1 aromatic heterocycles. The lowest BCUT2D eigenvalue weighted by atomic mass is 10.0. The van der Waals surface area contributed by atoms with Crippen molar-refractivity contribution in [2.75, 3.05) is 32.7 Å². The van der Waals surface area contributed by atoms with Gasteiger partial charge in [-0.05, 0) is 32.4 Å². The third kappa shape index (κ3) is 2.60. The summed E-state index contributed by atoms with van der Waals surface area (Å²) >= 11 is 0. The largest absolute Gasteiger partial charge is 0.387 e. The number of H-pyrrole nitrogens is 1. The summed E-state index contributed by atoms with van der Waals surface area (Å²) in [5.41, 5.74) is -0.929. The Kier molecular flexibility index (Phi) is 3.57. The number of nitrogens with one attached hydrogen (secondary N) is 1. The van der Waals surface area contributed by atoms with Crippen LogP contribution in [-0.2, 0) is 10.0 Å². The summed E-state index contributed by atoms with van der Waals surface area (Å²) in [7, 11) is -3.54. The van der Waals surface area contributed by atoms with Gasteiger partial charge in [-0.1, -0.05) is 0 Å². The van der Waals surface area contributed by atoms with E-state index in [1.165, 1.54) is 16.7 Å². The van der Waals surface area contributed by atoms with Crippen LogP contribution in [0.2, 0.25) is 0 Å². The fourth-order valence-corrected chi connectivity index (χ4v) is 4.47. The Bertz CT molecular complexity index is 553. The zero-order valence-corrected chi connectivity index (χ0v) is 12.1. The van der Waals surface area contributed by atoms with Gasteiger partial charge in [0.15, 0.2) is 0 Å². The second-order valence-electron chi connectivity index (χ2n) is 5.73. The van der Waals surface area contributed by atoms with Gasteiger partial charge in [-0.3, -0.25) is 5.10 Å². The molecule has 0 aliphatic carbocycles. The van der Waals surface area contributed by atoms with Crippen molar-refractivity contribution in [1.29, 1.82) is 0 Å². The summed E-state index contributed by atoms with van der Waals surface area (Å²) in [6.45, 7) is 3.08. The lowest BCUT2D eigenvalue weighted by Crippen LogP contribution is -2.44. The number of aromatic nitrogens is 2. The summed E-state index contributed by atoms with van der Waals surface area (Å²) in [6, 6.07) is 0. The molecule has 3 heterocycles. The van der Waals surface area contributed by atoms with Crippen LogP contribution in [0.5, 0.6) is 0 Å². The third-order valence-corrected chi connectivity index (χ3v) is 5.94. The molecule has 3 rings (SSSR count). The molecule has 8 heteroatoms. The molecule has 112 valence electrons. The number of aliphatic hydroxyl groups is 1. The first kappa shape index (κ1) is 14.0. The van der Waals surface area contributed by atoms with Crippen LogP contribution in [0.1, 0.15) is 19.3 Å². The van der Waals surface area contributed by atoms with Crippen LogP contribution in [0.25, 0.3) is 0 Å².